The number of benzene rings is 2. The quantitative estimate of drug-likeness (QED) is 0.677. The summed E-state index contributed by atoms with van der Waals surface area (Å²) in [6, 6.07) is 9.89. The normalized spacial score (nSPS) is 13.8. The van der Waals surface area contributed by atoms with Crippen LogP contribution in [0, 0.1) is 0 Å². The van der Waals surface area contributed by atoms with Crippen LogP contribution < -0.4 is 14.8 Å². The summed E-state index contributed by atoms with van der Waals surface area (Å²) in [5.74, 6) is 0.163. The first-order valence-electron chi connectivity index (χ1n) is 8.89. The molecule has 1 unspecified atom stereocenters. The molecule has 0 saturated carbocycles. The van der Waals surface area contributed by atoms with E-state index < -0.39 is 18.0 Å². The molecule has 1 aromatic heterocycles. The smallest absolute Gasteiger partial charge is 0.339 e. The van der Waals surface area contributed by atoms with Gasteiger partial charge < -0.3 is 23.9 Å². The largest absolute Gasteiger partial charge is 0.486 e. The summed E-state index contributed by atoms with van der Waals surface area (Å²) in [5.41, 5.74) is 1.94. The minimum atomic E-state index is -0.939. The number of nitrogens with zero attached hydrogens (tertiary/aromatic N) is 1. The third kappa shape index (κ3) is 3.62. The van der Waals surface area contributed by atoms with Crippen LogP contribution in [0.3, 0.4) is 0 Å². The predicted octanol–water partition coefficient (Wildman–Crippen LogP) is 3.17. The summed E-state index contributed by atoms with van der Waals surface area (Å²) in [6.45, 7) is 2.71. The van der Waals surface area contributed by atoms with Gasteiger partial charge in [0, 0.05) is 11.8 Å². The Hall–Kier alpha value is -3.55. The lowest BCUT2D eigenvalue weighted by molar-refractivity contribution is -0.124. The summed E-state index contributed by atoms with van der Waals surface area (Å²) < 4.78 is 21.5. The Morgan fingerprint density at radius 1 is 1.14 bits per heavy atom. The SMILES string of the molecule is CCC(OC(=O)c1ccc2ncoc2c1)C(=O)Nc1ccc2c(c1)OCCO2. The monoisotopic (exact) mass is 382 g/mol. The average molecular weight is 382 g/mol. The number of rotatable bonds is 5. The Morgan fingerprint density at radius 3 is 2.79 bits per heavy atom. The number of amides is 1. The van der Waals surface area contributed by atoms with Crippen LogP contribution in [-0.2, 0) is 9.53 Å². The van der Waals surface area contributed by atoms with E-state index in [1.165, 1.54) is 12.5 Å². The van der Waals surface area contributed by atoms with Gasteiger partial charge in [0.25, 0.3) is 5.91 Å². The number of hydrogen-bond donors (Lipinski definition) is 1. The molecule has 8 nitrogen and oxygen atoms in total. The number of carbonyl (C=O) groups is 2. The molecule has 0 radical (unpaired) electrons. The molecular weight excluding hydrogens is 364 g/mol. The molecule has 2 aromatic carbocycles. The van der Waals surface area contributed by atoms with E-state index in [0.29, 0.717) is 47.9 Å². The van der Waals surface area contributed by atoms with Crippen molar-refractivity contribution in [3.63, 3.8) is 0 Å². The zero-order valence-electron chi connectivity index (χ0n) is 15.1. The molecule has 1 atom stereocenters. The van der Waals surface area contributed by atoms with Crippen molar-refractivity contribution in [1.82, 2.24) is 4.98 Å². The minimum Gasteiger partial charge on any atom is -0.486 e. The third-order valence-electron chi connectivity index (χ3n) is 4.29. The maximum atomic E-state index is 12.6. The molecule has 4 rings (SSSR count). The van der Waals surface area contributed by atoms with Crippen molar-refractivity contribution in [2.75, 3.05) is 18.5 Å². The number of anilines is 1. The van der Waals surface area contributed by atoms with E-state index in [9.17, 15) is 9.59 Å². The van der Waals surface area contributed by atoms with E-state index in [0.717, 1.165) is 0 Å². The van der Waals surface area contributed by atoms with Crippen molar-refractivity contribution in [3.05, 3.63) is 48.4 Å². The fourth-order valence-electron chi connectivity index (χ4n) is 2.85. The van der Waals surface area contributed by atoms with Crippen LogP contribution in [-0.4, -0.2) is 36.2 Å². The number of aromatic nitrogens is 1. The lowest BCUT2D eigenvalue weighted by Crippen LogP contribution is -2.32. The Kier molecular flexibility index (Phi) is 4.84. The van der Waals surface area contributed by atoms with Crippen molar-refractivity contribution < 1.29 is 28.2 Å². The maximum absolute atomic E-state index is 12.6. The number of oxazole rings is 1. The first kappa shape index (κ1) is 17.8. The van der Waals surface area contributed by atoms with Gasteiger partial charge >= 0.3 is 5.97 Å². The van der Waals surface area contributed by atoms with Crippen LogP contribution in [0.4, 0.5) is 5.69 Å². The van der Waals surface area contributed by atoms with Crippen LogP contribution in [0.2, 0.25) is 0 Å². The summed E-state index contributed by atoms with van der Waals surface area (Å²) in [4.78, 5) is 29.0. The van der Waals surface area contributed by atoms with Gasteiger partial charge in [0.15, 0.2) is 29.6 Å². The molecule has 0 bridgehead atoms. The Bertz CT molecular complexity index is 1030. The number of nitrogens with one attached hydrogen (secondary N) is 1. The van der Waals surface area contributed by atoms with Crippen LogP contribution in [0.15, 0.2) is 47.2 Å². The van der Waals surface area contributed by atoms with Gasteiger partial charge in [-0.25, -0.2) is 9.78 Å². The van der Waals surface area contributed by atoms with Gasteiger partial charge in [-0.3, -0.25) is 4.79 Å². The van der Waals surface area contributed by atoms with Gasteiger partial charge in [-0.2, -0.15) is 0 Å². The second-order valence-electron chi connectivity index (χ2n) is 6.18. The highest BCUT2D eigenvalue weighted by molar-refractivity contribution is 5.98. The highest BCUT2D eigenvalue weighted by Gasteiger charge is 2.23. The van der Waals surface area contributed by atoms with Crippen LogP contribution in [0.5, 0.6) is 11.5 Å². The van der Waals surface area contributed by atoms with E-state index >= 15 is 0 Å². The Labute approximate surface area is 160 Å². The van der Waals surface area contributed by atoms with Gasteiger partial charge in [-0.1, -0.05) is 6.92 Å². The highest BCUT2D eigenvalue weighted by atomic mass is 16.6. The molecule has 1 aliphatic rings. The van der Waals surface area contributed by atoms with Gasteiger partial charge in [0.2, 0.25) is 0 Å². The van der Waals surface area contributed by atoms with E-state index in [1.54, 1.807) is 37.3 Å². The van der Waals surface area contributed by atoms with Crippen LogP contribution >= 0.6 is 0 Å². The molecule has 1 aliphatic heterocycles. The number of hydrogen-bond acceptors (Lipinski definition) is 7. The molecule has 1 N–H and O–H groups in total. The second kappa shape index (κ2) is 7.59. The zero-order valence-corrected chi connectivity index (χ0v) is 15.1. The van der Waals surface area contributed by atoms with Crippen molar-refractivity contribution >= 4 is 28.7 Å². The minimum absolute atomic E-state index is 0.287. The summed E-state index contributed by atoms with van der Waals surface area (Å²) >= 11 is 0. The molecule has 28 heavy (non-hydrogen) atoms. The fourth-order valence-corrected chi connectivity index (χ4v) is 2.85. The zero-order chi connectivity index (χ0) is 19.5. The van der Waals surface area contributed by atoms with Crippen molar-refractivity contribution in [2.45, 2.75) is 19.4 Å². The lowest BCUT2D eigenvalue weighted by Gasteiger charge is -2.20. The number of ether oxygens (including phenoxy) is 3. The van der Waals surface area contributed by atoms with Crippen LogP contribution in [0.1, 0.15) is 23.7 Å². The molecule has 8 heteroatoms. The molecule has 1 amide bonds. The Morgan fingerprint density at radius 2 is 1.96 bits per heavy atom. The molecule has 0 aliphatic carbocycles. The number of fused-ring (bicyclic) bond motifs is 2. The number of esters is 1. The van der Waals surface area contributed by atoms with Gasteiger partial charge in [-0.05, 0) is 36.8 Å². The highest BCUT2D eigenvalue weighted by Crippen LogP contribution is 2.32. The van der Waals surface area contributed by atoms with E-state index in [4.69, 9.17) is 18.6 Å². The molecular formula is C20H18N2O6. The lowest BCUT2D eigenvalue weighted by atomic mass is 10.2. The summed E-state index contributed by atoms with van der Waals surface area (Å²) in [6.07, 6.45) is 0.688. The van der Waals surface area contributed by atoms with Gasteiger partial charge in [0.1, 0.15) is 18.7 Å². The molecule has 144 valence electrons. The average Bonchev–Trinajstić information content (AvgIpc) is 3.19. The van der Waals surface area contributed by atoms with Crippen molar-refractivity contribution in [1.29, 1.82) is 0 Å². The third-order valence-corrected chi connectivity index (χ3v) is 4.29. The fraction of sp³-hybridized carbons (Fsp3) is 0.250. The molecule has 0 saturated heterocycles. The van der Waals surface area contributed by atoms with Crippen LogP contribution in [0.25, 0.3) is 11.1 Å². The first-order chi connectivity index (χ1) is 13.6. The standard InChI is InChI=1S/C20H18N2O6/c1-2-15(28-20(24)12-3-5-14-17(9-12)27-11-21-14)19(23)22-13-4-6-16-18(10-13)26-8-7-25-16/h3-6,9-11,15H,2,7-8H2,1H3,(H,22,23). The Balaban J connectivity index is 1.44. The van der Waals surface area contributed by atoms with Gasteiger partial charge in [-0.15, -0.1) is 0 Å². The second-order valence-corrected chi connectivity index (χ2v) is 6.18. The molecule has 3 aromatic rings. The summed E-state index contributed by atoms with van der Waals surface area (Å²) in [7, 11) is 0. The van der Waals surface area contributed by atoms with E-state index in [1.807, 2.05) is 0 Å². The molecule has 0 spiro atoms. The van der Waals surface area contributed by atoms with Gasteiger partial charge in [0.05, 0.1) is 5.56 Å². The van der Waals surface area contributed by atoms with Crippen molar-refractivity contribution in [2.24, 2.45) is 0 Å². The predicted molar refractivity (Wildman–Crippen MR) is 99.6 cm³/mol. The topological polar surface area (TPSA) is 99.9 Å². The number of carbonyl (C=O) groups excluding carboxylic acids is 2. The van der Waals surface area contributed by atoms with Crippen molar-refractivity contribution in [3.8, 4) is 11.5 Å². The van der Waals surface area contributed by atoms with E-state index in [2.05, 4.69) is 10.3 Å². The molecule has 0 fully saturated rings. The molecule has 2 heterocycles. The maximum Gasteiger partial charge on any atom is 0.339 e. The first-order valence-corrected chi connectivity index (χ1v) is 8.89. The van der Waals surface area contributed by atoms with E-state index in [-0.39, 0.29) is 5.56 Å². The summed E-state index contributed by atoms with van der Waals surface area (Å²) in [5, 5.41) is 2.75.